The van der Waals surface area contributed by atoms with Crippen molar-refractivity contribution >= 4 is 0 Å². The Morgan fingerprint density at radius 1 is 1.53 bits per heavy atom. The van der Waals surface area contributed by atoms with Gasteiger partial charge >= 0.3 is 0 Å². The van der Waals surface area contributed by atoms with E-state index in [4.69, 9.17) is 0 Å². The first-order chi connectivity index (χ1) is 8.98. The van der Waals surface area contributed by atoms with E-state index in [-0.39, 0.29) is 5.56 Å². The predicted octanol–water partition coefficient (Wildman–Crippen LogP) is 3.89. The van der Waals surface area contributed by atoms with Crippen molar-refractivity contribution in [3.8, 4) is 6.07 Å². The number of halogens is 1. The molecule has 0 amide bonds. The lowest BCUT2D eigenvalue weighted by molar-refractivity contribution is 0.0195. The summed E-state index contributed by atoms with van der Waals surface area (Å²) in [6, 6.07) is 6.97. The van der Waals surface area contributed by atoms with Crippen LogP contribution in [0.15, 0.2) is 18.2 Å². The number of benzene rings is 1. The van der Waals surface area contributed by atoms with Crippen LogP contribution in [0.2, 0.25) is 0 Å². The highest BCUT2D eigenvalue weighted by Crippen LogP contribution is 2.47. The Kier molecular flexibility index (Phi) is 3.91. The normalized spacial score (nSPS) is 28.7. The summed E-state index contributed by atoms with van der Waals surface area (Å²) in [7, 11) is 0. The molecule has 1 fully saturated rings. The second kappa shape index (κ2) is 5.30. The van der Waals surface area contributed by atoms with E-state index in [1.54, 1.807) is 12.1 Å². The van der Waals surface area contributed by atoms with Crippen LogP contribution in [-0.4, -0.2) is 5.11 Å². The molecule has 1 N–H and O–H groups in total. The molecule has 2 rings (SSSR count). The molecule has 0 spiro atoms. The zero-order valence-electron chi connectivity index (χ0n) is 11.5. The number of nitriles is 1. The van der Waals surface area contributed by atoms with Gasteiger partial charge in [0.2, 0.25) is 0 Å². The topological polar surface area (TPSA) is 44.0 Å². The molecule has 1 saturated carbocycles. The van der Waals surface area contributed by atoms with Crippen LogP contribution in [-0.2, 0) is 0 Å². The van der Waals surface area contributed by atoms with Gasteiger partial charge in [-0.05, 0) is 31.7 Å². The fraction of sp³-hybridized carbons (Fsp3) is 0.562. The molecule has 1 aliphatic carbocycles. The highest BCUT2D eigenvalue weighted by Gasteiger charge is 2.43. The molecule has 0 aliphatic heterocycles. The van der Waals surface area contributed by atoms with Crippen LogP contribution in [0, 0.1) is 35.4 Å². The summed E-state index contributed by atoms with van der Waals surface area (Å²) in [4.78, 5) is 0. The fourth-order valence-electron chi connectivity index (χ4n) is 3.17. The van der Waals surface area contributed by atoms with Gasteiger partial charge in [0.15, 0.2) is 0 Å². The fourth-order valence-corrected chi connectivity index (χ4v) is 3.17. The second-order valence-electron chi connectivity index (χ2n) is 5.90. The Hall–Kier alpha value is -1.40. The third-order valence-electron chi connectivity index (χ3n) is 4.22. The largest absolute Gasteiger partial charge is 0.387 e. The van der Waals surface area contributed by atoms with Crippen molar-refractivity contribution in [2.45, 2.75) is 45.6 Å². The van der Waals surface area contributed by atoms with E-state index in [0.717, 1.165) is 18.4 Å². The molecule has 0 saturated heterocycles. The lowest BCUT2D eigenvalue weighted by Gasteiger charge is -2.38. The molecular formula is C16H20FNO. The van der Waals surface area contributed by atoms with E-state index in [1.165, 1.54) is 6.07 Å². The van der Waals surface area contributed by atoms with Gasteiger partial charge in [-0.1, -0.05) is 37.5 Å². The Morgan fingerprint density at radius 3 is 2.89 bits per heavy atom. The highest BCUT2D eigenvalue weighted by molar-refractivity contribution is 5.29. The molecule has 3 heteroatoms. The van der Waals surface area contributed by atoms with Crippen molar-refractivity contribution in [1.82, 2.24) is 0 Å². The first-order valence-corrected chi connectivity index (χ1v) is 6.84. The molecule has 1 aliphatic rings. The van der Waals surface area contributed by atoms with Gasteiger partial charge in [-0.3, -0.25) is 0 Å². The standard InChI is InChI=1S/C16H20FNO/c1-11-5-6-14(17)13(8-11)15(19)16(10-18)7-3-4-12(2)9-16/h5-6,8,12,15,19H,3-4,7,9H2,1-2H3. The van der Waals surface area contributed by atoms with Crippen molar-refractivity contribution in [3.63, 3.8) is 0 Å². The number of aliphatic hydroxyl groups is 1. The van der Waals surface area contributed by atoms with Gasteiger partial charge in [0.05, 0.1) is 11.5 Å². The monoisotopic (exact) mass is 261 g/mol. The van der Waals surface area contributed by atoms with Crippen molar-refractivity contribution < 1.29 is 9.50 Å². The summed E-state index contributed by atoms with van der Waals surface area (Å²) in [5.74, 6) is -0.0260. The minimum atomic E-state index is -1.04. The molecule has 19 heavy (non-hydrogen) atoms. The molecule has 1 aromatic carbocycles. The first kappa shape index (κ1) is 14.0. The number of aryl methyl sites for hydroxylation is 1. The van der Waals surface area contributed by atoms with Crippen LogP contribution in [0.5, 0.6) is 0 Å². The number of hydrogen-bond donors (Lipinski definition) is 1. The van der Waals surface area contributed by atoms with E-state index in [1.807, 2.05) is 6.92 Å². The smallest absolute Gasteiger partial charge is 0.129 e. The highest BCUT2D eigenvalue weighted by atomic mass is 19.1. The summed E-state index contributed by atoms with van der Waals surface area (Å²) in [5, 5.41) is 20.1. The maximum atomic E-state index is 13.9. The van der Waals surface area contributed by atoms with E-state index in [2.05, 4.69) is 13.0 Å². The van der Waals surface area contributed by atoms with Crippen molar-refractivity contribution in [1.29, 1.82) is 5.26 Å². The summed E-state index contributed by atoms with van der Waals surface area (Å²) in [5.41, 5.74) is 0.315. The van der Waals surface area contributed by atoms with Gasteiger partial charge in [0.1, 0.15) is 11.9 Å². The van der Waals surface area contributed by atoms with Gasteiger partial charge in [-0.2, -0.15) is 5.26 Å². The molecule has 0 aromatic heterocycles. The quantitative estimate of drug-likeness (QED) is 0.877. The Morgan fingerprint density at radius 2 is 2.26 bits per heavy atom. The molecule has 1 aromatic rings. The zero-order chi connectivity index (χ0) is 14.0. The SMILES string of the molecule is Cc1ccc(F)c(C(O)C2(C#N)CCCC(C)C2)c1. The summed E-state index contributed by atoms with van der Waals surface area (Å²) >= 11 is 0. The van der Waals surface area contributed by atoms with Crippen molar-refractivity contribution in [2.75, 3.05) is 0 Å². The molecule has 2 nitrogen and oxygen atoms in total. The number of hydrogen-bond acceptors (Lipinski definition) is 2. The van der Waals surface area contributed by atoms with Gasteiger partial charge in [-0.15, -0.1) is 0 Å². The van der Waals surface area contributed by atoms with Gasteiger partial charge in [0, 0.05) is 5.56 Å². The summed E-state index contributed by atoms with van der Waals surface area (Å²) in [6.07, 6.45) is 2.23. The van der Waals surface area contributed by atoms with E-state index in [0.29, 0.717) is 18.8 Å². The molecule has 0 radical (unpaired) electrons. The summed E-state index contributed by atoms with van der Waals surface area (Å²) < 4.78 is 13.9. The van der Waals surface area contributed by atoms with Crippen LogP contribution < -0.4 is 0 Å². The summed E-state index contributed by atoms with van der Waals surface area (Å²) in [6.45, 7) is 3.95. The molecule has 102 valence electrons. The average Bonchev–Trinajstić information content (AvgIpc) is 2.40. The third-order valence-corrected chi connectivity index (χ3v) is 4.22. The minimum Gasteiger partial charge on any atom is -0.387 e. The number of nitrogens with zero attached hydrogens (tertiary/aromatic N) is 1. The first-order valence-electron chi connectivity index (χ1n) is 6.84. The van der Waals surface area contributed by atoms with Gasteiger partial charge in [-0.25, -0.2) is 4.39 Å². The molecule has 3 atom stereocenters. The van der Waals surface area contributed by atoms with Crippen LogP contribution in [0.1, 0.15) is 49.8 Å². The maximum absolute atomic E-state index is 13.9. The lowest BCUT2D eigenvalue weighted by atomic mass is 9.66. The van der Waals surface area contributed by atoms with Gasteiger partial charge in [0.25, 0.3) is 0 Å². The third kappa shape index (κ3) is 2.64. The Labute approximate surface area is 113 Å². The molecule has 0 bridgehead atoms. The number of aliphatic hydroxyl groups excluding tert-OH is 1. The van der Waals surface area contributed by atoms with Gasteiger partial charge < -0.3 is 5.11 Å². The second-order valence-corrected chi connectivity index (χ2v) is 5.90. The van der Waals surface area contributed by atoms with Crippen molar-refractivity contribution in [3.05, 3.63) is 35.1 Å². The van der Waals surface area contributed by atoms with E-state index < -0.39 is 17.3 Å². The van der Waals surface area contributed by atoms with Crippen LogP contribution in [0.4, 0.5) is 4.39 Å². The molecule has 0 heterocycles. The Bertz CT molecular complexity index is 508. The lowest BCUT2D eigenvalue weighted by Crippen LogP contribution is -2.33. The number of rotatable bonds is 2. The van der Waals surface area contributed by atoms with Crippen LogP contribution >= 0.6 is 0 Å². The van der Waals surface area contributed by atoms with E-state index >= 15 is 0 Å². The minimum absolute atomic E-state index is 0.260. The van der Waals surface area contributed by atoms with Crippen LogP contribution in [0.25, 0.3) is 0 Å². The average molecular weight is 261 g/mol. The van der Waals surface area contributed by atoms with Crippen LogP contribution in [0.3, 0.4) is 0 Å². The maximum Gasteiger partial charge on any atom is 0.129 e. The van der Waals surface area contributed by atoms with E-state index in [9.17, 15) is 14.8 Å². The zero-order valence-corrected chi connectivity index (χ0v) is 11.5. The van der Waals surface area contributed by atoms with Crippen molar-refractivity contribution in [2.24, 2.45) is 11.3 Å². The molecule has 3 unspecified atom stereocenters. The molecular weight excluding hydrogens is 241 g/mol. The predicted molar refractivity (Wildman–Crippen MR) is 71.8 cm³/mol. The Balaban J connectivity index is 2.38.